The zero-order chi connectivity index (χ0) is 21.6. The third kappa shape index (κ3) is 3.04. The lowest BCUT2D eigenvalue weighted by Gasteiger charge is -2.61. The zero-order valence-electron chi connectivity index (χ0n) is 17.4. The number of fused-ring (bicyclic) bond motifs is 2. The number of rotatable bonds is 2. The number of likely N-dealkylation sites (tertiary alicyclic amines) is 1. The van der Waals surface area contributed by atoms with E-state index in [9.17, 15) is 23.7 Å². The Morgan fingerprint density at radius 1 is 0.967 bits per heavy atom. The Morgan fingerprint density at radius 3 is 2.00 bits per heavy atom. The van der Waals surface area contributed by atoms with E-state index in [0.717, 1.165) is 49.5 Å². The molecule has 1 aliphatic heterocycles. The minimum atomic E-state index is -4.45. The molecule has 4 rings (SSSR count). The van der Waals surface area contributed by atoms with E-state index in [-0.39, 0.29) is 29.9 Å². The lowest BCUT2D eigenvalue weighted by atomic mass is 9.52. The van der Waals surface area contributed by atoms with E-state index in [2.05, 4.69) is 19.1 Å². The molecule has 2 aliphatic carbocycles. The van der Waals surface area contributed by atoms with Crippen molar-refractivity contribution >= 4 is 0 Å². The van der Waals surface area contributed by atoms with Crippen molar-refractivity contribution in [2.45, 2.75) is 82.1 Å². The maximum absolute atomic E-state index is 13.7. The van der Waals surface area contributed by atoms with Crippen LogP contribution in [0.25, 0.3) is 0 Å². The fourth-order valence-electron chi connectivity index (χ4n) is 7.12. The van der Waals surface area contributed by atoms with Crippen molar-refractivity contribution in [1.82, 2.24) is 0 Å². The summed E-state index contributed by atoms with van der Waals surface area (Å²) in [5.74, 6) is 0.509. The number of nitrogens with zero attached hydrogens (tertiary/aromatic N) is 2. The highest BCUT2D eigenvalue weighted by Crippen LogP contribution is 2.50. The Bertz CT molecular complexity index is 841. The van der Waals surface area contributed by atoms with Crippen LogP contribution in [0.5, 0.6) is 0 Å². The molecular formula is C24H29F3N3+. The molecule has 3 nitrogen and oxygen atoms in total. The van der Waals surface area contributed by atoms with Crippen molar-refractivity contribution in [3.63, 3.8) is 0 Å². The maximum atomic E-state index is 13.7. The van der Waals surface area contributed by atoms with Crippen molar-refractivity contribution < 1.29 is 18.1 Å². The molecule has 0 radical (unpaired) electrons. The Morgan fingerprint density at radius 2 is 1.50 bits per heavy atom. The van der Waals surface area contributed by atoms with Gasteiger partial charge in [-0.1, -0.05) is 38.0 Å². The summed E-state index contributed by atoms with van der Waals surface area (Å²) in [5.41, 5.74) is -2.02. The van der Waals surface area contributed by atoms with Crippen LogP contribution >= 0.6 is 0 Å². The Kier molecular flexibility index (Phi) is 5.35. The van der Waals surface area contributed by atoms with Gasteiger partial charge in [-0.3, -0.25) is 4.90 Å². The first-order chi connectivity index (χ1) is 14.3. The number of piperidine rings is 1. The molecule has 30 heavy (non-hydrogen) atoms. The molecule has 2 saturated carbocycles. The highest BCUT2D eigenvalue weighted by molar-refractivity contribution is 5.30. The number of hydrogen-bond donors (Lipinski definition) is 1. The zero-order valence-corrected chi connectivity index (χ0v) is 17.4. The summed E-state index contributed by atoms with van der Waals surface area (Å²) in [5, 5.41) is 20.9. The van der Waals surface area contributed by atoms with E-state index in [0.29, 0.717) is 12.8 Å². The first kappa shape index (κ1) is 21.2. The molecule has 1 aromatic carbocycles. The van der Waals surface area contributed by atoms with Crippen LogP contribution in [-0.2, 0) is 12.7 Å². The smallest absolute Gasteiger partial charge is 0.297 e. The van der Waals surface area contributed by atoms with E-state index in [1.165, 1.54) is 12.1 Å². The summed E-state index contributed by atoms with van der Waals surface area (Å²) in [7, 11) is 0. The van der Waals surface area contributed by atoms with Gasteiger partial charge in [0.1, 0.15) is 18.7 Å². The summed E-state index contributed by atoms with van der Waals surface area (Å²) in [6, 6.07) is 10.9. The number of alkyl halides is 3. The molecule has 1 aromatic rings. The van der Waals surface area contributed by atoms with E-state index >= 15 is 0 Å². The molecule has 1 heterocycles. The molecule has 3 fully saturated rings. The Hall–Kier alpha value is -2.05. The van der Waals surface area contributed by atoms with Gasteiger partial charge in [0.25, 0.3) is 0 Å². The molecule has 0 unspecified atom stereocenters. The third-order valence-electron chi connectivity index (χ3n) is 8.37. The SMILES string of the molecule is CC1[C@H]2CCCC[C@]2(C#N)[NH+](Cc2ccccc2C(F)(F)F)[C@@]2(C#N)CCCC[C@H]12. The largest absolute Gasteiger partial charge is 0.416 e. The lowest BCUT2D eigenvalue weighted by Crippen LogP contribution is -3.29. The second-order valence-electron chi connectivity index (χ2n) is 9.54. The summed E-state index contributed by atoms with van der Waals surface area (Å²) in [6.45, 7) is 2.26. The van der Waals surface area contributed by atoms with Crippen LogP contribution in [0.15, 0.2) is 24.3 Å². The predicted octanol–water partition coefficient (Wildman–Crippen LogP) is 4.65. The Balaban J connectivity index is 1.88. The minimum Gasteiger partial charge on any atom is -0.297 e. The average Bonchev–Trinajstić information content (AvgIpc) is 2.76. The molecule has 3 aliphatic rings. The number of nitrogens with one attached hydrogen (secondary N) is 1. The standard InChI is InChI=1S/C24H28F3N3/c1-17-19-9-4-6-12-22(19,15-28)30(23(16-29)13-7-5-10-20(17)23)14-18-8-2-3-11-21(18)24(25,26)27/h2-3,8,11,17,19-20H,4-7,9-10,12-14H2,1H3/p+1/t19-,20-,22-,23-/m1/s1. The first-order valence-electron chi connectivity index (χ1n) is 11.1. The van der Waals surface area contributed by atoms with Gasteiger partial charge in [0.15, 0.2) is 11.1 Å². The van der Waals surface area contributed by atoms with Crippen LogP contribution in [0.1, 0.15) is 69.4 Å². The minimum absolute atomic E-state index is 0.0799. The summed E-state index contributed by atoms with van der Waals surface area (Å²) in [4.78, 5) is 0.796. The summed E-state index contributed by atoms with van der Waals surface area (Å²) < 4.78 is 41.2. The van der Waals surface area contributed by atoms with E-state index in [1.807, 2.05) is 0 Å². The fourth-order valence-corrected chi connectivity index (χ4v) is 7.12. The van der Waals surface area contributed by atoms with E-state index in [1.54, 1.807) is 6.07 Å². The van der Waals surface area contributed by atoms with Gasteiger partial charge in [-0.15, -0.1) is 0 Å². The van der Waals surface area contributed by atoms with Crippen LogP contribution < -0.4 is 4.90 Å². The highest BCUT2D eigenvalue weighted by atomic mass is 19.4. The molecule has 0 aromatic heterocycles. The molecule has 0 amide bonds. The summed E-state index contributed by atoms with van der Waals surface area (Å²) in [6.07, 6.45) is 2.64. The normalized spacial score (nSPS) is 38.6. The molecular weight excluding hydrogens is 387 g/mol. The first-order valence-corrected chi connectivity index (χ1v) is 11.1. The van der Waals surface area contributed by atoms with E-state index < -0.39 is 22.8 Å². The fraction of sp³-hybridized carbons (Fsp3) is 0.667. The number of quaternary nitrogens is 1. The van der Waals surface area contributed by atoms with E-state index in [4.69, 9.17) is 0 Å². The number of nitriles is 2. The van der Waals surface area contributed by atoms with Gasteiger partial charge in [-0.05, 0) is 37.7 Å². The van der Waals surface area contributed by atoms with Gasteiger partial charge in [-0.25, -0.2) is 0 Å². The van der Waals surface area contributed by atoms with Gasteiger partial charge in [-0.2, -0.15) is 23.7 Å². The number of benzene rings is 1. The van der Waals surface area contributed by atoms with Crippen LogP contribution in [0.4, 0.5) is 13.2 Å². The number of halogens is 3. The van der Waals surface area contributed by atoms with Crippen LogP contribution in [-0.4, -0.2) is 11.1 Å². The molecule has 0 spiro atoms. The van der Waals surface area contributed by atoms with Gasteiger partial charge in [0.2, 0.25) is 0 Å². The van der Waals surface area contributed by atoms with Crippen molar-refractivity contribution in [2.24, 2.45) is 17.8 Å². The lowest BCUT2D eigenvalue weighted by molar-refractivity contribution is -1.01. The van der Waals surface area contributed by atoms with Crippen LogP contribution in [0.3, 0.4) is 0 Å². The van der Waals surface area contributed by atoms with Gasteiger partial charge >= 0.3 is 6.18 Å². The number of hydrogen-bond acceptors (Lipinski definition) is 2. The second-order valence-corrected chi connectivity index (χ2v) is 9.54. The van der Waals surface area contributed by atoms with Gasteiger partial charge < -0.3 is 0 Å². The summed E-state index contributed by atoms with van der Waals surface area (Å²) >= 11 is 0. The predicted molar refractivity (Wildman–Crippen MR) is 106 cm³/mol. The molecule has 160 valence electrons. The maximum Gasteiger partial charge on any atom is 0.416 e. The third-order valence-corrected chi connectivity index (χ3v) is 8.37. The second kappa shape index (κ2) is 7.57. The van der Waals surface area contributed by atoms with Crippen molar-refractivity contribution in [3.8, 4) is 12.1 Å². The van der Waals surface area contributed by atoms with Crippen molar-refractivity contribution in [2.75, 3.05) is 0 Å². The van der Waals surface area contributed by atoms with Crippen LogP contribution in [0, 0.1) is 40.4 Å². The molecule has 1 saturated heterocycles. The van der Waals surface area contributed by atoms with Crippen LogP contribution in [0.2, 0.25) is 0 Å². The topological polar surface area (TPSA) is 52.0 Å². The van der Waals surface area contributed by atoms with Crippen molar-refractivity contribution in [1.29, 1.82) is 10.5 Å². The monoisotopic (exact) mass is 416 g/mol. The van der Waals surface area contributed by atoms with Gasteiger partial charge in [0.05, 0.1) is 5.56 Å². The van der Waals surface area contributed by atoms with Crippen molar-refractivity contribution in [3.05, 3.63) is 35.4 Å². The van der Waals surface area contributed by atoms with Gasteiger partial charge in [0, 0.05) is 30.2 Å². The Labute approximate surface area is 176 Å². The molecule has 1 N–H and O–H groups in total. The highest BCUT2D eigenvalue weighted by Gasteiger charge is 2.68. The average molecular weight is 417 g/mol. The molecule has 0 bridgehead atoms. The quantitative estimate of drug-likeness (QED) is 0.763. The molecule has 4 atom stereocenters. The molecule has 6 heteroatoms.